The number of likely N-dealkylation sites (N-methyl/N-ethyl adjacent to an activating group) is 1. The third-order valence-corrected chi connectivity index (χ3v) is 4.10. The lowest BCUT2D eigenvalue weighted by Crippen LogP contribution is -2.51. The molecule has 2 N–H and O–H groups in total. The van der Waals surface area contributed by atoms with Crippen LogP contribution in [0.1, 0.15) is 31.7 Å². The Morgan fingerprint density at radius 1 is 1.37 bits per heavy atom. The van der Waals surface area contributed by atoms with Gasteiger partial charge >= 0.3 is 0 Å². The van der Waals surface area contributed by atoms with Gasteiger partial charge in [-0.2, -0.15) is 0 Å². The minimum atomic E-state index is 0.549. The van der Waals surface area contributed by atoms with E-state index in [-0.39, 0.29) is 0 Å². The third-order valence-electron chi connectivity index (χ3n) is 4.10. The number of piperazine rings is 1. The lowest BCUT2D eigenvalue weighted by molar-refractivity contribution is 0.244. The van der Waals surface area contributed by atoms with Crippen molar-refractivity contribution < 1.29 is 0 Å². The Balaban J connectivity index is 1.82. The van der Waals surface area contributed by atoms with E-state index in [1.807, 2.05) is 0 Å². The third kappa shape index (κ3) is 4.22. The van der Waals surface area contributed by atoms with Gasteiger partial charge in [0.25, 0.3) is 0 Å². The van der Waals surface area contributed by atoms with Crippen molar-refractivity contribution in [2.45, 2.75) is 32.2 Å². The molecule has 1 aliphatic rings. The molecule has 0 radical (unpaired) electrons. The number of benzene rings is 1. The van der Waals surface area contributed by atoms with E-state index < -0.39 is 0 Å². The van der Waals surface area contributed by atoms with E-state index in [0.717, 1.165) is 26.2 Å². The molecule has 0 saturated carbocycles. The van der Waals surface area contributed by atoms with E-state index in [9.17, 15) is 0 Å². The standard InChI is InChI=1S/C16H27N3/c1-4-13(2)14-5-7-15(8-6-14)18-11-16-12-19(3)10-9-17-16/h5-8,13,16-18H,4,9-12H2,1-3H3. The average molecular weight is 261 g/mol. The quantitative estimate of drug-likeness (QED) is 0.853. The summed E-state index contributed by atoms with van der Waals surface area (Å²) in [7, 11) is 2.19. The number of hydrogen-bond acceptors (Lipinski definition) is 3. The van der Waals surface area contributed by atoms with Gasteiger partial charge in [0.15, 0.2) is 0 Å². The Labute approximate surface area is 117 Å². The molecular formula is C16H27N3. The van der Waals surface area contributed by atoms with Crippen LogP contribution in [0, 0.1) is 0 Å². The van der Waals surface area contributed by atoms with Gasteiger partial charge in [-0.05, 0) is 37.1 Å². The van der Waals surface area contributed by atoms with Crippen LogP contribution in [0.3, 0.4) is 0 Å². The number of hydrogen-bond donors (Lipinski definition) is 2. The first-order valence-corrected chi connectivity index (χ1v) is 7.44. The van der Waals surface area contributed by atoms with Crippen LogP contribution in [-0.4, -0.2) is 44.2 Å². The molecule has 2 rings (SSSR count). The summed E-state index contributed by atoms with van der Waals surface area (Å²) >= 11 is 0. The Morgan fingerprint density at radius 3 is 2.74 bits per heavy atom. The maximum Gasteiger partial charge on any atom is 0.0369 e. The molecule has 0 aromatic heterocycles. The zero-order valence-electron chi connectivity index (χ0n) is 12.4. The molecule has 2 unspecified atom stereocenters. The Hall–Kier alpha value is -1.06. The summed E-state index contributed by atoms with van der Waals surface area (Å²) in [6.45, 7) is 8.88. The molecule has 106 valence electrons. The molecule has 1 fully saturated rings. The van der Waals surface area contributed by atoms with Gasteiger partial charge in [-0.3, -0.25) is 0 Å². The predicted molar refractivity (Wildman–Crippen MR) is 82.9 cm³/mol. The molecule has 3 heteroatoms. The molecule has 0 amide bonds. The highest BCUT2D eigenvalue weighted by molar-refractivity contribution is 5.45. The predicted octanol–water partition coefficient (Wildman–Crippen LogP) is 2.52. The maximum atomic E-state index is 3.55. The van der Waals surface area contributed by atoms with Crippen molar-refractivity contribution in [2.24, 2.45) is 0 Å². The normalized spacial score (nSPS) is 22.2. The van der Waals surface area contributed by atoms with Crippen LogP contribution in [0.15, 0.2) is 24.3 Å². The van der Waals surface area contributed by atoms with Crippen molar-refractivity contribution in [3.05, 3.63) is 29.8 Å². The molecule has 19 heavy (non-hydrogen) atoms. The van der Waals surface area contributed by atoms with Gasteiger partial charge in [0.2, 0.25) is 0 Å². The lowest BCUT2D eigenvalue weighted by Gasteiger charge is -2.31. The largest absolute Gasteiger partial charge is 0.383 e. The summed E-state index contributed by atoms with van der Waals surface area (Å²) in [5.41, 5.74) is 2.66. The molecule has 2 atom stereocenters. The van der Waals surface area contributed by atoms with Crippen molar-refractivity contribution in [2.75, 3.05) is 38.5 Å². The first kappa shape index (κ1) is 14.4. The molecule has 1 aromatic carbocycles. The van der Waals surface area contributed by atoms with E-state index in [1.54, 1.807) is 0 Å². The molecule has 0 aliphatic carbocycles. The van der Waals surface area contributed by atoms with Crippen LogP contribution in [-0.2, 0) is 0 Å². The molecule has 3 nitrogen and oxygen atoms in total. The van der Waals surface area contributed by atoms with E-state index >= 15 is 0 Å². The Kier molecular flexibility index (Phi) is 5.23. The zero-order chi connectivity index (χ0) is 13.7. The second-order valence-corrected chi connectivity index (χ2v) is 5.73. The Morgan fingerprint density at radius 2 is 2.11 bits per heavy atom. The van der Waals surface area contributed by atoms with Gasteiger partial charge in [-0.1, -0.05) is 26.0 Å². The lowest BCUT2D eigenvalue weighted by atomic mass is 9.98. The van der Waals surface area contributed by atoms with Crippen LogP contribution in [0.5, 0.6) is 0 Å². The van der Waals surface area contributed by atoms with Crippen LogP contribution >= 0.6 is 0 Å². The summed E-state index contributed by atoms with van der Waals surface area (Å²) in [6, 6.07) is 9.45. The van der Waals surface area contributed by atoms with Gasteiger partial charge < -0.3 is 15.5 Å². The Bertz CT molecular complexity index is 374. The highest BCUT2D eigenvalue weighted by Crippen LogP contribution is 2.20. The van der Waals surface area contributed by atoms with E-state index in [1.165, 1.54) is 17.7 Å². The number of nitrogens with one attached hydrogen (secondary N) is 2. The van der Waals surface area contributed by atoms with Crippen LogP contribution in [0.4, 0.5) is 5.69 Å². The first-order chi connectivity index (χ1) is 9.19. The smallest absolute Gasteiger partial charge is 0.0369 e. The fourth-order valence-corrected chi connectivity index (χ4v) is 2.53. The van der Waals surface area contributed by atoms with E-state index in [4.69, 9.17) is 0 Å². The van der Waals surface area contributed by atoms with Crippen molar-refractivity contribution in [3.63, 3.8) is 0 Å². The van der Waals surface area contributed by atoms with Crippen molar-refractivity contribution in [1.82, 2.24) is 10.2 Å². The minimum Gasteiger partial charge on any atom is -0.383 e. The molecule has 1 heterocycles. The topological polar surface area (TPSA) is 27.3 Å². The van der Waals surface area contributed by atoms with Crippen LogP contribution < -0.4 is 10.6 Å². The highest BCUT2D eigenvalue weighted by atomic mass is 15.2. The van der Waals surface area contributed by atoms with Crippen molar-refractivity contribution in [1.29, 1.82) is 0 Å². The van der Waals surface area contributed by atoms with Crippen LogP contribution in [0.25, 0.3) is 0 Å². The summed E-state index contributed by atoms with van der Waals surface area (Å²) in [5.74, 6) is 0.655. The number of rotatable bonds is 5. The molecule has 0 bridgehead atoms. The van der Waals surface area contributed by atoms with Gasteiger partial charge in [-0.15, -0.1) is 0 Å². The highest BCUT2D eigenvalue weighted by Gasteiger charge is 2.15. The molecule has 1 aliphatic heterocycles. The van der Waals surface area contributed by atoms with Crippen LogP contribution in [0.2, 0.25) is 0 Å². The van der Waals surface area contributed by atoms with Crippen molar-refractivity contribution >= 4 is 5.69 Å². The van der Waals surface area contributed by atoms with E-state index in [2.05, 4.69) is 60.7 Å². The first-order valence-electron chi connectivity index (χ1n) is 7.44. The average Bonchev–Trinajstić information content (AvgIpc) is 2.45. The summed E-state index contributed by atoms with van der Waals surface area (Å²) in [5, 5.41) is 7.08. The van der Waals surface area contributed by atoms with Gasteiger partial charge in [0.1, 0.15) is 0 Å². The fourth-order valence-electron chi connectivity index (χ4n) is 2.53. The van der Waals surface area contributed by atoms with E-state index in [0.29, 0.717) is 12.0 Å². The van der Waals surface area contributed by atoms with Gasteiger partial charge in [-0.25, -0.2) is 0 Å². The fraction of sp³-hybridized carbons (Fsp3) is 0.625. The molecule has 1 saturated heterocycles. The monoisotopic (exact) mass is 261 g/mol. The second kappa shape index (κ2) is 6.92. The molecule has 0 spiro atoms. The minimum absolute atomic E-state index is 0.549. The summed E-state index contributed by atoms with van der Waals surface area (Å²) in [4.78, 5) is 2.38. The summed E-state index contributed by atoms with van der Waals surface area (Å²) < 4.78 is 0. The maximum absolute atomic E-state index is 3.55. The number of anilines is 1. The summed E-state index contributed by atoms with van der Waals surface area (Å²) in [6.07, 6.45) is 1.20. The zero-order valence-corrected chi connectivity index (χ0v) is 12.4. The second-order valence-electron chi connectivity index (χ2n) is 5.73. The SMILES string of the molecule is CCC(C)c1ccc(NCC2CN(C)CCN2)cc1. The number of nitrogens with zero attached hydrogens (tertiary/aromatic N) is 1. The van der Waals surface area contributed by atoms with Crippen molar-refractivity contribution in [3.8, 4) is 0 Å². The van der Waals surface area contributed by atoms with Gasteiger partial charge in [0, 0.05) is 37.9 Å². The molecular weight excluding hydrogens is 234 g/mol. The molecule has 1 aromatic rings. The van der Waals surface area contributed by atoms with Gasteiger partial charge in [0.05, 0.1) is 0 Å².